The molecule has 1 N–H and O–H groups in total. The van der Waals surface area contributed by atoms with Crippen molar-refractivity contribution in [2.75, 3.05) is 14.1 Å². The molecule has 30 heavy (non-hydrogen) atoms. The van der Waals surface area contributed by atoms with Crippen LogP contribution in [0.5, 0.6) is 5.75 Å². The number of amides is 1. The first-order valence-corrected chi connectivity index (χ1v) is 10.1. The summed E-state index contributed by atoms with van der Waals surface area (Å²) in [5.41, 5.74) is -0.223. The summed E-state index contributed by atoms with van der Waals surface area (Å²) in [5, 5.41) is 7.58. The third-order valence-corrected chi connectivity index (χ3v) is 5.26. The van der Waals surface area contributed by atoms with Crippen molar-refractivity contribution in [1.29, 1.82) is 0 Å². The number of carbonyl (C=O) groups is 1. The molecular formula is C20H24FN5O3S. The lowest BCUT2D eigenvalue weighted by atomic mass is 10.0. The number of aryl methyl sites for hydroxylation is 1. The van der Waals surface area contributed by atoms with Crippen LogP contribution in [0, 0.1) is 12.7 Å². The van der Waals surface area contributed by atoms with E-state index in [0.29, 0.717) is 39.6 Å². The van der Waals surface area contributed by atoms with Gasteiger partial charge in [0.05, 0.1) is 17.8 Å². The van der Waals surface area contributed by atoms with Crippen LogP contribution in [-0.4, -0.2) is 40.0 Å². The van der Waals surface area contributed by atoms with E-state index in [4.69, 9.17) is 9.26 Å². The number of nitrogens with zero attached hydrogens (tertiary/aromatic N) is 4. The third kappa shape index (κ3) is 5.39. The Bertz CT molecular complexity index is 1010. The minimum Gasteiger partial charge on any atom is -0.486 e. The number of ether oxygens (including phenoxy) is 1. The molecule has 0 unspecified atom stereocenters. The highest BCUT2D eigenvalue weighted by molar-refractivity contribution is 7.13. The monoisotopic (exact) mass is 433 g/mol. The molecule has 0 aliphatic carbocycles. The van der Waals surface area contributed by atoms with Crippen LogP contribution in [0.1, 0.15) is 45.9 Å². The number of halogens is 1. The zero-order valence-electron chi connectivity index (χ0n) is 17.5. The van der Waals surface area contributed by atoms with Crippen LogP contribution in [0.15, 0.2) is 28.8 Å². The molecule has 2 aromatic heterocycles. The molecule has 0 saturated carbocycles. The molecule has 0 fully saturated rings. The highest BCUT2D eigenvalue weighted by Crippen LogP contribution is 2.23. The van der Waals surface area contributed by atoms with Crippen molar-refractivity contribution in [1.82, 2.24) is 25.3 Å². The van der Waals surface area contributed by atoms with Gasteiger partial charge in [-0.15, -0.1) is 11.3 Å². The first-order valence-electron chi connectivity index (χ1n) is 9.29. The molecule has 0 spiro atoms. The molecular weight excluding hydrogens is 409 g/mol. The predicted molar refractivity (Wildman–Crippen MR) is 110 cm³/mol. The largest absolute Gasteiger partial charge is 0.486 e. The molecule has 8 nitrogen and oxygen atoms in total. The highest BCUT2D eigenvalue weighted by Gasteiger charge is 2.30. The highest BCUT2D eigenvalue weighted by atomic mass is 32.1. The maximum atomic E-state index is 13.0. The van der Waals surface area contributed by atoms with Gasteiger partial charge in [-0.3, -0.25) is 4.79 Å². The molecule has 0 radical (unpaired) electrons. The van der Waals surface area contributed by atoms with Gasteiger partial charge in [0.2, 0.25) is 5.89 Å². The molecule has 3 aromatic rings. The predicted octanol–water partition coefficient (Wildman–Crippen LogP) is 3.28. The van der Waals surface area contributed by atoms with E-state index < -0.39 is 5.54 Å². The van der Waals surface area contributed by atoms with Crippen LogP contribution in [0.25, 0.3) is 0 Å². The minimum atomic E-state index is -0.827. The van der Waals surface area contributed by atoms with Crippen molar-refractivity contribution < 1.29 is 18.4 Å². The van der Waals surface area contributed by atoms with Crippen molar-refractivity contribution in [3.63, 3.8) is 0 Å². The lowest BCUT2D eigenvalue weighted by molar-refractivity contribution is 0.0911. The number of benzene rings is 1. The molecule has 0 atom stereocenters. The van der Waals surface area contributed by atoms with Crippen LogP contribution >= 0.6 is 11.3 Å². The van der Waals surface area contributed by atoms with Gasteiger partial charge >= 0.3 is 0 Å². The lowest BCUT2D eigenvalue weighted by Gasteiger charge is -2.22. The molecule has 3 rings (SSSR count). The topological polar surface area (TPSA) is 93.4 Å². The number of carbonyl (C=O) groups excluding carboxylic acids is 1. The quantitative estimate of drug-likeness (QED) is 0.583. The number of hydrogen-bond acceptors (Lipinski definition) is 8. The zero-order valence-corrected chi connectivity index (χ0v) is 18.3. The molecule has 160 valence electrons. The first kappa shape index (κ1) is 21.8. The number of nitrogens with one attached hydrogen (secondary N) is 1. The van der Waals surface area contributed by atoms with E-state index in [0.717, 1.165) is 0 Å². The van der Waals surface area contributed by atoms with Crippen molar-refractivity contribution in [2.24, 2.45) is 0 Å². The second-order valence-corrected chi connectivity index (χ2v) is 8.68. The maximum Gasteiger partial charge on any atom is 0.264 e. The Kier molecular flexibility index (Phi) is 6.47. The summed E-state index contributed by atoms with van der Waals surface area (Å²) in [6.45, 7) is 6.09. The summed E-state index contributed by atoms with van der Waals surface area (Å²) in [5.74, 6) is 0.801. The SMILES string of the molecule is Cc1nc(COc2ccc(F)cc2)sc1C(=O)NC(C)(C)c1noc(CN(C)C)n1. The van der Waals surface area contributed by atoms with Crippen LogP contribution < -0.4 is 10.1 Å². The Hall–Kier alpha value is -2.85. The Morgan fingerprint density at radius 2 is 1.97 bits per heavy atom. The standard InChI is InChI=1S/C20H24FN5O3S/c1-12-17(30-16(22-12)11-28-14-8-6-13(21)7-9-14)18(27)24-20(2,3)19-23-15(29-25-19)10-26(4)5/h6-9H,10-11H2,1-5H3,(H,24,27). The molecule has 1 amide bonds. The summed E-state index contributed by atoms with van der Waals surface area (Å²) in [7, 11) is 3.81. The van der Waals surface area contributed by atoms with Crippen LogP contribution in [-0.2, 0) is 18.7 Å². The molecule has 2 heterocycles. The fourth-order valence-corrected chi connectivity index (χ4v) is 3.51. The van der Waals surface area contributed by atoms with Gasteiger partial charge in [-0.2, -0.15) is 4.98 Å². The number of rotatable bonds is 8. The normalized spacial score (nSPS) is 11.7. The van der Waals surface area contributed by atoms with Crippen LogP contribution in [0.3, 0.4) is 0 Å². The smallest absolute Gasteiger partial charge is 0.264 e. The molecule has 0 bridgehead atoms. The molecule has 0 aliphatic rings. The lowest BCUT2D eigenvalue weighted by Crippen LogP contribution is -2.41. The summed E-state index contributed by atoms with van der Waals surface area (Å²) in [4.78, 5) is 24.0. The van der Waals surface area contributed by atoms with E-state index in [1.807, 2.05) is 32.8 Å². The van der Waals surface area contributed by atoms with Gasteiger partial charge in [0, 0.05) is 0 Å². The van der Waals surface area contributed by atoms with Gasteiger partial charge in [0.1, 0.15) is 28.1 Å². The average Bonchev–Trinajstić information content (AvgIpc) is 3.27. The van der Waals surface area contributed by atoms with E-state index in [9.17, 15) is 9.18 Å². The maximum absolute atomic E-state index is 13.0. The average molecular weight is 434 g/mol. The summed E-state index contributed by atoms with van der Waals surface area (Å²) in [6.07, 6.45) is 0. The second-order valence-electron chi connectivity index (χ2n) is 7.59. The zero-order chi connectivity index (χ0) is 21.9. The van der Waals surface area contributed by atoms with E-state index >= 15 is 0 Å². The van der Waals surface area contributed by atoms with Gasteiger partial charge in [-0.25, -0.2) is 9.37 Å². The van der Waals surface area contributed by atoms with Crippen molar-refractivity contribution in [3.05, 3.63) is 57.4 Å². The molecule has 1 aromatic carbocycles. The molecule has 0 saturated heterocycles. The van der Waals surface area contributed by atoms with Gasteiger partial charge in [0.15, 0.2) is 5.82 Å². The minimum absolute atomic E-state index is 0.187. The number of thiazole rings is 1. The Labute approximate surface area is 178 Å². The summed E-state index contributed by atoms with van der Waals surface area (Å²) >= 11 is 1.25. The van der Waals surface area contributed by atoms with Crippen molar-refractivity contribution in [3.8, 4) is 5.75 Å². The Balaban J connectivity index is 1.66. The second kappa shape index (κ2) is 8.88. The van der Waals surface area contributed by atoms with Gasteiger partial charge in [-0.1, -0.05) is 5.16 Å². The van der Waals surface area contributed by atoms with E-state index in [1.165, 1.54) is 23.5 Å². The number of aromatic nitrogens is 3. The summed E-state index contributed by atoms with van der Waals surface area (Å²) < 4.78 is 23.9. The van der Waals surface area contributed by atoms with Gasteiger partial charge in [0.25, 0.3) is 5.91 Å². The third-order valence-electron chi connectivity index (χ3n) is 4.13. The van der Waals surface area contributed by atoms with E-state index in [2.05, 4.69) is 20.4 Å². The summed E-state index contributed by atoms with van der Waals surface area (Å²) in [6, 6.07) is 5.74. The van der Waals surface area contributed by atoms with E-state index in [1.54, 1.807) is 19.1 Å². The Morgan fingerprint density at radius 3 is 2.63 bits per heavy atom. The fourth-order valence-electron chi connectivity index (χ4n) is 2.64. The first-order chi connectivity index (χ1) is 14.1. The fraction of sp³-hybridized carbons (Fsp3) is 0.400. The van der Waals surface area contributed by atoms with Gasteiger partial charge in [-0.05, 0) is 59.1 Å². The molecule has 10 heteroatoms. The van der Waals surface area contributed by atoms with E-state index in [-0.39, 0.29) is 18.3 Å². The Morgan fingerprint density at radius 1 is 1.27 bits per heavy atom. The van der Waals surface area contributed by atoms with Crippen molar-refractivity contribution in [2.45, 2.75) is 39.5 Å². The van der Waals surface area contributed by atoms with Crippen LogP contribution in [0.4, 0.5) is 4.39 Å². The number of hydrogen-bond donors (Lipinski definition) is 1. The van der Waals surface area contributed by atoms with Crippen molar-refractivity contribution >= 4 is 17.2 Å². The van der Waals surface area contributed by atoms with Crippen LogP contribution in [0.2, 0.25) is 0 Å². The molecule has 0 aliphatic heterocycles. The van der Waals surface area contributed by atoms with Gasteiger partial charge < -0.3 is 19.5 Å².